The third-order valence-corrected chi connectivity index (χ3v) is 3.98. The van der Waals surface area contributed by atoms with Gasteiger partial charge in [0.25, 0.3) is 0 Å². The molecule has 1 fully saturated rings. The number of hydrogen-bond donors (Lipinski definition) is 1. The van der Waals surface area contributed by atoms with Gasteiger partial charge in [-0.1, -0.05) is 23.4 Å². The van der Waals surface area contributed by atoms with Crippen molar-refractivity contribution in [1.29, 1.82) is 0 Å². The van der Waals surface area contributed by atoms with Gasteiger partial charge in [-0.3, -0.25) is 0 Å². The minimum Gasteiger partial charge on any atom is -0.465 e. The number of allylic oxidation sites excluding steroid dienone is 3. The topological polar surface area (TPSA) is 58.9 Å². The second kappa shape index (κ2) is 4.40. The number of fused-ring (bicyclic) bond motifs is 5. The summed E-state index contributed by atoms with van der Waals surface area (Å²) in [4.78, 5) is 11.5. The second-order valence-corrected chi connectivity index (χ2v) is 4.61. The molecular formula is C12H13NO3Re. The average Bonchev–Trinajstić information content (AvgIpc) is 2.97. The zero-order valence-corrected chi connectivity index (χ0v) is 12.1. The molecule has 0 aliphatic heterocycles. The van der Waals surface area contributed by atoms with E-state index in [1.807, 2.05) is 6.08 Å². The molecule has 0 aromatic rings. The number of nitrogens with zero attached hydrogens (tertiary/aromatic N) is 1. The number of hydrogen-bond acceptors (Lipinski definition) is 4. The Balaban J connectivity index is 0.00000108. The van der Waals surface area contributed by atoms with E-state index in [2.05, 4.69) is 17.3 Å². The van der Waals surface area contributed by atoms with Crippen molar-refractivity contribution in [3.63, 3.8) is 0 Å². The zero-order valence-electron chi connectivity index (χ0n) is 9.34. The third kappa shape index (κ3) is 1.61. The van der Waals surface area contributed by atoms with Gasteiger partial charge in [0.15, 0.2) is 0 Å². The molecule has 91 valence electrons. The molecule has 0 heterocycles. The molecule has 3 aliphatic rings. The molecule has 1 saturated carbocycles. The summed E-state index contributed by atoms with van der Waals surface area (Å²) in [5, 5.41) is 12.4. The first kappa shape index (κ1) is 12.5. The van der Waals surface area contributed by atoms with Gasteiger partial charge >= 0.3 is 5.97 Å². The van der Waals surface area contributed by atoms with Crippen LogP contribution in [0.5, 0.6) is 0 Å². The van der Waals surface area contributed by atoms with Crippen molar-refractivity contribution in [3.8, 4) is 0 Å². The fourth-order valence-corrected chi connectivity index (χ4v) is 3.33. The van der Waals surface area contributed by atoms with E-state index in [0.29, 0.717) is 29.0 Å². The molecule has 4 atom stereocenters. The molecule has 0 saturated heterocycles. The van der Waals surface area contributed by atoms with E-state index in [0.717, 1.165) is 6.42 Å². The van der Waals surface area contributed by atoms with E-state index < -0.39 is 5.97 Å². The van der Waals surface area contributed by atoms with Crippen LogP contribution in [0.1, 0.15) is 6.42 Å². The number of carbonyl (C=O) groups is 1. The predicted octanol–water partition coefficient (Wildman–Crippen LogP) is 1.37. The first-order chi connectivity index (χ1) is 7.76. The van der Waals surface area contributed by atoms with E-state index in [9.17, 15) is 4.79 Å². The molecule has 1 radical (unpaired) electrons. The van der Waals surface area contributed by atoms with Crippen LogP contribution in [-0.2, 0) is 30.0 Å². The van der Waals surface area contributed by atoms with Crippen molar-refractivity contribution in [2.45, 2.75) is 6.42 Å². The van der Waals surface area contributed by atoms with Crippen LogP contribution >= 0.6 is 0 Å². The van der Waals surface area contributed by atoms with Crippen molar-refractivity contribution in [1.82, 2.24) is 0 Å². The molecule has 0 amide bonds. The molecule has 4 nitrogen and oxygen atoms in total. The Morgan fingerprint density at radius 1 is 1.47 bits per heavy atom. The van der Waals surface area contributed by atoms with Crippen LogP contribution < -0.4 is 0 Å². The summed E-state index contributed by atoms with van der Waals surface area (Å²) in [5.74, 6) is 0.999. The molecule has 0 aromatic heterocycles. The summed E-state index contributed by atoms with van der Waals surface area (Å²) >= 11 is 0. The first-order valence-electron chi connectivity index (χ1n) is 5.47. The van der Waals surface area contributed by atoms with Crippen LogP contribution in [0.4, 0.5) is 0 Å². The number of rotatable bonds is 1. The molecule has 1 N–H and O–H groups in total. The Kier molecular flexibility index (Phi) is 3.24. The second-order valence-electron chi connectivity index (χ2n) is 4.61. The smallest absolute Gasteiger partial charge is 0.339 e. The van der Waals surface area contributed by atoms with Crippen LogP contribution in [0.25, 0.3) is 0 Å². The Hall–Kier alpha value is -0.918. The summed E-state index contributed by atoms with van der Waals surface area (Å²) in [7, 11) is 1.35. The van der Waals surface area contributed by atoms with Gasteiger partial charge in [0.2, 0.25) is 0 Å². The third-order valence-electron chi connectivity index (χ3n) is 3.98. The van der Waals surface area contributed by atoms with Crippen LogP contribution in [-0.4, -0.2) is 24.0 Å². The van der Waals surface area contributed by atoms with Gasteiger partial charge in [0, 0.05) is 26.3 Å². The Morgan fingerprint density at radius 2 is 2.18 bits per heavy atom. The number of ether oxygens (including phenoxy) is 1. The summed E-state index contributed by atoms with van der Waals surface area (Å²) in [6.07, 6.45) is 7.40. The van der Waals surface area contributed by atoms with E-state index in [-0.39, 0.29) is 26.3 Å². The van der Waals surface area contributed by atoms with Crippen molar-refractivity contribution in [2.24, 2.45) is 28.8 Å². The molecule has 4 unspecified atom stereocenters. The van der Waals surface area contributed by atoms with E-state index in [1.165, 1.54) is 7.11 Å². The van der Waals surface area contributed by atoms with Crippen molar-refractivity contribution < 1.29 is 35.2 Å². The minimum absolute atomic E-state index is 0. The van der Waals surface area contributed by atoms with Crippen LogP contribution in [0, 0.1) is 23.7 Å². The van der Waals surface area contributed by atoms with Crippen LogP contribution in [0.15, 0.2) is 29.0 Å². The van der Waals surface area contributed by atoms with Gasteiger partial charge in [-0.15, -0.1) is 0 Å². The van der Waals surface area contributed by atoms with Gasteiger partial charge < -0.3 is 9.94 Å². The summed E-state index contributed by atoms with van der Waals surface area (Å²) in [5.41, 5.74) is 0.951. The molecule has 17 heavy (non-hydrogen) atoms. The van der Waals surface area contributed by atoms with E-state index in [4.69, 9.17) is 9.94 Å². The molecule has 0 aromatic carbocycles. The Labute approximate surface area is 113 Å². The number of esters is 1. The fraction of sp³-hybridized carbons (Fsp3) is 0.500. The largest absolute Gasteiger partial charge is 0.465 e. The van der Waals surface area contributed by atoms with Gasteiger partial charge in [-0.25, -0.2) is 4.79 Å². The van der Waals surface area contributed by atoms with Gasteiger partial charge in [0.1, 0.15) is 0 Å². The monoisotopic (exact) mass is 406 g/mol. The SMILES string of the molecule is COC(=O)C1=CC2C3C=CC(C3)C2/C1=N/O.[Re]. The maximum absolute atomic E-state index is 11.5. The summed E-state index contributed by atoms with van der Waals surface area (Å²) in [6, 6.07) is 0. The van der Waals surface area contributed by atoms with Crippen molar-refractivity contribution in [2.75, 3.05) is 7.11 Å². The maximum atomic E-state index is 11.5. The average molecular weight is 405 g/mol. The minimum atomic E-state index is -0.401. The number of oxime groups is 1. The fourth-order valence-electron chi connectivity index (χ4n) is 3.33. The first-order valence-corrected chi connectivity index (χ1v) is 5.47. The number of methoxy groups -OCH3 is 1. The molecule has 3 rings (SSSR count). The summed E-state index contributed by atoms with van der Waals surface area (Å²) in [6.45, 7) is 0. The van der Waals surface area contributed by atoms with Gasteiger partial charge in [-0.2, -0.15) is 0 Å². The molecule has 5 heteroatoms. The van der Waals surface area contributed by atoms with Gasteiger partial charge in [-0.05, 0) is 24.2 Å². The predicted molar refractivity (Wildman–Crippen MR) is 57.0 cm³/mol. The number of carbonyl (C=O) groups excluding carboxylic acids is 1. The summed E-state index contributed by atoms with van der Waals surface area (Å²) < 4.78 is 4.70. The quantitative estimate of drug-likeness (QED) is 0.310. The normalized spacial score (nSPS) is 38.9. The maximum Gasteiger partial charge on any atom is 0.339 e. The van der Waals surface area contributed by atoms with Crippen molar-refractivity contribution >= 4 is 11.7 Å². The molecule has 2 bridgehead atoms. The Morgan fingerprint density at radius 3 is 2.82 bits per heavy atom. The van der Waals surface area contributed by atoms with Crippen LogP contribution in [0.3, 0.4) is 0 Å². The molecule has 3 aliphatic carbocycles. The standard InChI is InChI=1S/C12H13NO3.Re/c1-16-12(14)9-5-8-6-2-3-7(4-6)10(8)11(9)13-15;/h2-3,5-8,10,15H,4H2,1H3;/b13-11+;. The zero-order chi connectivity index (χ0) is 11.3. The molecular weight excluding hydrogens is 392 g/mol. The van der Waals surface area contributed by atoms with E-state index in [1.54, 1.807) is 0 Å². The van der Waals surface area contributed by atoms with Crippen molar-refractivity contribution in [3.05, 3.63) is 23.8 Å². The van der Waals surface area contributed by atoms with Gasteiger partial charge in [0.05, 0.1) is 18.4 Å². The Bertz CT molecular complexity index is 441. The van der Waals surface area contributed by atoms with Crippen LogP contribution in [0.2, 0.25) is 0 Å². The van der Waals surface area contributed by atoms with E-state index >= 15 is 0 Å². The molecule has 0 spiro atoms.